The minimum absolute atomic E-state index is 0.152. The van der Waals surface area contributed by atoms with Crippen LogP contribution in [0.25, 0.3) is 16.9 Å². The number of carbonyl (C=O) groups is 2. The lowest BCUT2D eigenvalue weighted by atomic mass is 10.1. The molecule has 168 valence electrons. The van der Waals surface area contributed by atoms with Crippen molar-refractivity contribution in [2.45, 2.75) is 26.7 Å². The van der Waals surface area contributed by atoms with Crippen LogP contribution >= 0.6 is 0 Å². The zero-order valence-corrected chi connectivity index (χ0v) is 18.6. The second-order valence-electron chi connectivity index (χ2n) is 7.69. The van der Waals surface area contributed by atoms with E-state index in [1.165, 1.54) is 19.2 Å². The molecule has 0 spiro atoms. The molecule has 2 aromatic heterocycles. The zero-order chi connectivity index (χ0) is 23.5. The van der Waals surface area contributed by atoms with Gasteiger partial charge in [-0.25, -0.2) is 18.7 Å². The maximum atomic E-state index is 13.6. The number of ether oxygens (including phenoxy) is 1. The third kappa shape index (κ3) is 4.74. The Balaban J connectivity index is 1.49. The number of nitrogens with one attached hydrogen (secondary N) is 1. The van der Waals surface area contributed by atoms with Crippen molar-refractivity contribution in [1.82, 2.24) is 14.6 Å². The zero-order valence-electron chi connectivity index (χ0n) is 18.6. The molecule has 4 aromatic rings. The smallest absolute Gasteiger partial charge is 0.337 e. The van der Waals surface area contributed by atoms with Crippen LogP contribution in [0, 0.1) is 19.7 Å². The maximum absolute atomic E-state index is 13.6. The molecule has 4 rings (SSSR count). The van der Waals surface area contributed by atoms with Crippen LogP contribution in [-0.2, 0) is 16.0 Å². The molecule has 33 heavy (non-hydrogen) atoms. The summed E-state index contributed by atoms with van der Waals surface area (Å²) < 4.78 is 20.0. The number of aromatic nitrogens is 3. The van der Waals surface area contributed by atoms with Crippen molar-refractivity contribution < 1.29 is 18.7 Å². The van der Waals surface area contributed by atoms with Crippen LogP contribution in [-0.4, -0.2) is 33.6 Å². The first-order valence-electron chi connectivity index (χ1n) is 10.5. The van der Waals surface area contributed by atoms with Gasteiger partial charge in [-0.05, 0) is 62.2 Å². The van der Waals surface area contributed by atoms with Crippen LogP contribution in [0.3, 0.4) is 0 Å². The molecule has 1 amide bonds. The van der Waals surface area contributed by atoms with E-state index in [2.05, 4.69) is 20.1 Å². The van der Waals surface area contributed by atoms with Crippen molar-refractivity contribution >= 4 is 23.2 Å². The van der Waals surface area contributed by atoms with E-state index in [0.29, 0.717) is 34.6 Å². The molecule has 8 heteroatoms. The van der Waals surface area contributed by atoms with Gasteiger partial charge in [0.2, 0.25) is 5.91 Å². The number of amides is 1. The van der Waals surface area contributed by atoms with E-state index < -0.39 is 5.97 Å². The molecule has 0 aliphatic rings. The molecule has 2 aromatic carbocycles. The highest BCUT2D eigenvalue weighted by Gasteiger charge is 2.15. The van der Waals surface area contributed by atoms with Gasteiger partial charge >= 0.3 is 5.97 Å². The fourth-order valence-corrected chi connectivity index (χ4v) is 3.75. The number of methoxy groups -OCH3 is 1. The quantitative estimate of drug-likeness (QED) is 0.441. The van der Waals surface area contributed by atoms with Crippen molar-refractivity contribution in [3.63, 3.8) is 0 Å². The van der Waals surface area contributed by atoms with E-state index in [0.717, 1.165) is 17.0 Å². The summed E-state index contributed by atoms with van der Waals surface area (Å²) in [5.41, 5.74) is 5.64. The highest BCUT2D eigenvalue weighted by molar-refractivity contribution is 5.93. The highest BCUT2D eigenvalue weighted by Crippen LogP contribution is 2.23. The number of nitrogens with zero attached hydrogens (tertiary/aromatic N) is 3. The number of benzene rings is 2. The Kier molecular flexibility index (Phi) is 6.17. The first kappa shape index (κ1) is 22.1. The summed E-state index contributed by atoms with van der Waals surface area (Å²) in [6, 6.07) is 14.6. The topological polar surface area (TPSA) is 85.6 Å². The van der Waals surface area contributed by atoms with Crippen molar-refractivity contribution in [1.29, 1.82) is 0 Å². The summed E-state index contributed by atoms with van der Waals surface area (Å²) in [5.74, 6) is -0.904. The lowest BCUT2D eigenvalue weighted by Gasteiger charge is -2.11. The number of hydrogen-bond donors (Lipinski definition) is 1. The van der Waals surface area contributed by atoms with Gasteiger partial charge in [0.05, 0.1) is 18.4 Å². The summed E-state index contributed by atoms with van der Waals surface area (Å²) >= 11 is 0. The first-order valence-corrected chi connectivity index (χ1v) is 10.5. The Morgan fingerprint density at radius 3 is 2.55 bits per heavy atom. The summed E-state index contributed by atoms with van der Waals surface area (Å²) in [7, 11) is 1.32. The SMILES string of the molecule is COC(=O)c1ccc(NC(=O)CCc2c(C)nc3cc(-c4cccc(F)c4)nn3c2C)cc1. The lowest BCUT2D eigenvalue weighted by Crippen LogP contribution is -2.14. The van der Waals surface area contributed by atoms with Gasteiger partial charge in [0, 0.05) is 35.1 Å². The number of aryl methyl sites for hydroxylation is 2. The fourth-order valence-electron chi connectivity index (χ4n) is 3.75. The van der Waals surface area contributed by atoms with Crippen molar-refractivity contribution in [2.24, 2.45) is 0 Å². The molecule has 1 N–H and O–H groups in total. The Labute approximate surface area is 190 Å². The van der Waals surface area contributed by atoms with Crippen LogP contribution < -0.4 is 5.32 Å². The van der Waals surface area contributed by atoms with Gasteiger partial charge in [-0.3, -0.25) is 4.79 Å². The Bertz CT molecular complexity index is 1350. The fraction of sp³-hybridized carbons (Fsp3) is 0.200. The van der Waals surface area contributed by atoms with Crippen LogP contribution in [0.1, 0.15) is 33.7 Å². The Morgan fingerprint density at radius 1 is 1.09 bits per heavy atom. The molecule has 0 radical (unpaired) electrons. The molecule has 0 aliphatic heterocycles. The van der Waals surface area contributed by atoms with Crippen molar-refractivity contribution in [2.75, 3.05) is 12.4 Å². The molecule has 7 nitrogen and oxygen atoms in total. The molecule has 0 bridgehead atoms. The molecule has 0 saturated carbocycles. The number of esters is 1. The van der Waals surface area contributed by atoms with Gasteiger partial charge in [-0.1, -0.05) is 12.1 Å². The number of rotatable bonds is 6. The molecule has 0 fully saturated rings. The van der Waals surface area contributed by atoms with Gasteiger partial charge in [-0.15, -0.1) is 0 Å². The van der Waals surface area contributed by atoms with E-state index >= 15 is 0 Å². The molecule has 0 saturated heterocycles. The largest absolute Gasteiger partial charge is 0.465 e. The minimum Gasteiger partial charge on any atom is -0.465 e. The Hall–Kier alpha value is -4.07. The van der Waals surface area contributed by atoms with Gasteiger partial charge in [-0.2, -0.15) is 5.10 Å². The lowest BCUT2D eigenvalue weighted by molar-refractivity contribution is -0.116. The highest BCUT2D eigenvalue weighted by atomic mass is 19.1. The van der Waals surface area contributed by atoms with Crippen molar-refractivity contribution in [3.8, 4) is 11.3 Å². The first-order chi connectivity index (χ1) is 15.9. The van der Waals surface area contributed by atoms with Crippen LogP contribution in [0.4, 0.5) is 10.1 Å². The van der Waals surface area contributed by atoms with E-state index in [9.17, 15) is 14.0 Å². The third-order valence-electron chi connectivity index (χ3n) is 5.48. The van der Waals surface area contributed by atoms with Crippen molar-refractivity contribution in [3.05, 3.63) is 82.9 Å². The molecular formula is C25H23FN4O3. The Morgan fingerprint density at radius 2 is 1.85 bits per heavy atom. The normalized spacial score (nSPS) is 10.9. The molecule has 0 atom stereocenters. The molecule has 0 aliphatic carbocycles. The second kappa shape index (κ2) is 9.20. The average Bonchev–Trinajstić information content (AvgIpc) is 3.23. The summed E-state index contributed by atoms with van der Waals surface area (Å²) in [4.78, 5) is 28.6. The summed E-state index contributed by atoms with van der Waals surface area (Å²) in [6.45, 7) is 3.84. The predicted molar refractivity (Wildman–Crippen MR) is 123 cm³/mol. The second-order valence-corrected chi connectivity index (χ2v) is 7.69. The van der Waals surface area contributed by atoms with Gasteiger partial charge in [0.15, 0.2) is 5.65 Å². The standard InChI is InChI=1S/C25H23FN4O3/c1-15-21(11-12-24(31)28-20-9-7-17(8-10-20)25(32)33-3)16(2)30-23(27-15)14-22(29-30)18-5-4-6-19(26)13-18/h4-10,13-14H,11-12H2,1-3H3,(H,28,31). The summed E-state index contributed by atoms with van der Waals surface area (Å²) in [6.07, 6.45) is 0.744. The van der Waals surface area contributed by atoms with E-state index in [1.54, 1.807) is 40.9 Å². The number of fused-ring (bicyclic) bond motifs is 1. The van der Waals surface area contributed by atoms with Crippen LogP contribution in [0.2, 0.25) is 0 Å². The van der Waals surface area contributed by atoms with Gasteiger partial charge < -0.3 is 10.1 Å². The number of hydrogen-bond acceptors (Lipinski definition) is 5. The van der Waals surface area contributed by atoms with Gasteiger partial charge in [0.25, 0.3) is 0 Å². The maximum Gasteiger partial charge on any atom is 0.337 e. The molecule has 0 unspecified atom stereocenters. The predicted octanol–water partition coefficient (Wildman–Crippen LogP) is 4.51. The molecule has 2 heterocycles. The van der Waals surface area contributed by atoms with Crippen LogP contribution in [0.15, 0.2) is 54.6 Å². The third-order valence-corrected chi connectivity index (χ3v) is 5.48. The molecular weight excluding hydrogens is 423 g/mol. The summed E-state index contributed by atoms with van der Waals surface area (Å²) in [5, 5.41) is 7.43. The number of anilines is 1. The minimum atomic E-state index is -0.430. The monoisotopic (exact) mass is 446 g/mol. The average molecular weight is 446 g/mol. The number of carbonyl (C=O) groups excluding carboxylic acids is 2. The van der Waals surface area contributed by atoms with Gasteiger partial charge in [0.1, 0.15) is 5.82 Å². The number of halogens is 1. The van der Waals surface area contributed by atoms with E-state index in [1.807, 2.05) is 19.9 Å². The van der Waals surface area contributed by atoms with E-state index in [4.69, 9.17) is 0 Å². The van der Waals surface area contributed by atoms with E-state index in [-0.39, 0.29) is 18.1 Å². The van der Waals surface area contributed by atoms with Crippen LogP contribution in [0.5, 0.6) is 0 Å².